The standard InChI is InChI=1S/C11H16N2O2/c1-7-6-9(7)10-4-2-8(15-10)3-5-11(14)13-12/h2,4,7,9H,3,5-6,12H2,1H3,(H,13,14). The van der Waals surface area contributed by atoms with Crippen molar-refractivity contribution < 1.29 is 9.21 Å². The maximum atomic E-state index is 10.9. The largest absolute Gasteiger partial charge is 0.466 e. The first-order valence-electron chi connectivity index (χ1n) is 5.28. The Labute approximate surface area is 88.8 Å². The van der Waals surface area contributed by atoms with Crippen molar-refractivity contribution in [3.8, 4) is 0 Å². The Kier molecular flexibility index (Phi) is 2.77. The lowest BCUT2D eigenvalue weighted by molar-refractivity contribution is -0.121. The van der Waals surface area contributed by atoms with Crippen LogP contribution in [0.3, 0.4) is 0 Å². The average Bonchev–Trinajstić information content (AvgIpc) is 2.80. The van der Waals surface area contributed by atoms with E-state index in [1.807, 2.05) is 12.1 Å². The van der Waals surface area contributed by atoms with E-state index in [0.29, 0.717) is 18.8 Å². The first kappa shape index (κ1) is 10.2. The van der Waals surface area contributed by atoms with Crippen molar-refractivity contribution in [1.82, 2.24) is 5.43 Å². The fourth-order valence-electron chi connectivity index (χ4n) is 1.76. The van der Waals surface area contributed by atoms with Crippen molar-refractivity contribution in [3.63, 3.8) is 0 Å². The van der Waals surface area contributed by atoms with E-state index in [2.05, 4.69) is 12.3 Å². The van der Waals surface area contributed by atoms with Crippen LogP contribution in [0, 0.1) is 5.92 Å². The molecule has 2 rings (SSSR count). The van der Waals surface area contributed by atoms with Crippen LogP contribution in [0.1, 0.15) is 37.2 Å². The highest BCUT2D eigenvalue weighted by atomic mass is 16.3. The normalized spacial score (nSPS) is 23.9. The number of furan rings is 1. The molecule has 1 amide bonds. The third kappa shape index (κ3) is 2.39. The fourth-order valence-corrected chi connectivity index (χ4v) is 1.76. The monoisotopic (exact) mass is 208 g/mol. The molecule has 1 aromatic heterocycles. The summed E-state index contributed by atoms with van der Waals surface area (Å²) in [4.78, 5) is 10.9. The van der Waals surface area contributed by atoms with Crippen LogP contribution in [0.25, 0.3) is 0 Å². The molecule has 82 valence electrons. The van der Waals surface area contributed by atoms with E-state index in [9.17, 15) is 4.79 Å². The van der Waals surface area contributed by atoms with E-state index in [0.717, 1.165) is 17.4 Å². The second-order valence-electron chi connectivity index (χ2n) is 4.19. The van der Waals surface area contributed by atoms with Gasteiger partial charge in [0.25, 0.3) is 0 Å². The quantitative estimate of drug-likeness (QED) is 0.445. The van der Waals surface area contributed by atoms with Gasteiger partial charge in [-0.25, -0.2) is 5.84 Å². The number of amides is 1. The number of hydrazine groups is 1. The molecule has 4 nitrogen and oxygen atoms in total. The van der Waals surface area contributed by atoms with E-state index >= 15 is 0 Å². The zero-order chi connectivity index (χ0) is 10.8. The van der Waals surface area contributed by atoms with Crippen molar-refractivity contribution in [3.05, 3.63) is 23.7 Å². The third-order valence-corrected chi connectivity index (χ3v) is 2.92. The van der Waals surface area contributed by atoms with Crippen LogP contribution in [-0.4, -0.2) is 5.91 Å². The van der Waals surface area contributed by atoms with Crippen molar-refractivity contribution in [2.24, 2.45) is 11.8 Å². The molecule has 2 unspecified atom stereocenters. The third-order valence-electron chi connectivity index (χ3n) is 2.92. The molecule has 0 aromatic carbocycles. The van der Waals surface area contributed by atoms with Crippen LogP contribution >= 0.6 is 0 Å². The summed E-state index contributed by atoms with van der Waals surface area (Å²) in [5.74, 6) is 8.10. The Morgan fingerprint density at radius 3 is 3.00 bits per heavy atom. The summed E-state index contributed by atoms with van der Waals surface area (Å²) in [5.41, 5.74) is 2.10. The summed E-state index contributed by atoms with van der Waals surface area (Å²) in [6, 6.07) is 3.97. The van der Waals surface area contributed by atoms with Crippen LogP contribution in [-0.2, 0) is 11.2 Å². The zero-order valence-corrected chi connectivity index (χ0v) is 8.82. The van der Waals surface area contributed by atoms with Gasteiger partial charge in [0, 0.05) is 18.8 Å². The maximum absolute atomic E-state index is 10.9. The molecule has 4 heteroatoms. The molecule has 3 N–H and O–H groups in total. The van der Waals surface area contributed by atoms with Gasteiger partial charge in [-0.3, -0.25) is 10.2 Å². The Hall–Kier alpha value is -1.29. The summed E-state index contributed by atoms with van der Waals surface area (Å²) in [6.07, 6.45) is 2.21. The first-order valence-corrected chi connectivity index (χ1v) is 5.28. The lowest BCUT2D eigenvalue weighted by Gasteiger charge is -1.97. The molecular formula is C11H16N2O2. The van der Waals surface area contributed by atoms with Crippen LogP contribution in [0.4, 0.5) is 0 Å². The summed E-state index contributed by atoms with van der Waals surface area (Å²) >= 11 is 0. The molecule has 1 aromatic rings. The molecule has 1 fully saturated rings. The summed E-state index contributed by atoms with van der Waals surface area (Å²) in [5, 5.41) is 0. The number of carbonyl (C=O) groups is 1. The summed E-state index contributed by atoms with van der Waals surface area (Å²) in [6.45, 7) is 2.22. The Bertz CT molecular complexity index is 359. The average molecular weight is 208 g/mol. The Morgan fingerprint density at radius 1 is 1.67 bits per heavy atom. The lowest BCUT2D eigenvalue weighted by atomic mass is 10.2. The number of nitrogens with one attached hydrogen (secondary N) is 1. The number of hydrogen-bond donors (Lipinski definition) is 2. The summed E-state index contributed by atoms with van der Waals surface area (Å²) < 4.78 is 5.65. The predicted octanol–water partition coefficient (Wildman–Crippen LogP) is 1.33. The lowest BCUT2D eigenvalue weighted by Crippen LogP contribution is -2.30. The van der Waals surface area contributed by atoms with E-state index < -0.39 is 0 Å². The Morgan fingerprint density at radius 2 is 2.40 bits per heavy atom. The van der Waals surface area contributed by atoms with E-state index in [-0.39, 0.29) is 5.91 Å². The number of aryl methyl sites for hydroxylation is 1. The van der Waals surface area contributed by atoms with Gasteiger partial charge in [0.2, 0.25) is 5.91 Å². The molecule has 1 heterocycles. The molecule has 0 bridgehead atoms. The van der Waals surface area contributed by atoms with Gasteiger partial charge in [0.05, 0.1) is 0 Å². The molecule has 1 saturated carbocycles. The van der Waals surface area contributed by atoms with Gasteiger partial charge in [-0.1, -0.05) is 6.92 Å². The van der Waals surface area contributed by atoms with Crippen LogP contribution in [0.5, 0.6) is 0 Å². The molecule has 0 radical (unpaired) electrons. The molecular weight excluding hydrogens is 192 g/mol. The van der Waals surface area contributed by atoms with Crippen LogP contribution < -0.4 is 11.3 Å². The number of nitrogens with two attached hydrogens (primary N) is 1. The minimum Gasteiger partial charge on any atom is -0.466 e. The van der Waals surface area contributed by atoms with Gasteiger partial charge in [-0.15, -0.1) is 0 Å². The van der Waals surface area contributed by atoms with Crippen molar-refractivity contribution in [2.45, 2.75) is 32.1 Å². The molecule has 0 spiro atoms. The van der Waals surface area contributed by atoms with Gasteiger partial charge in [-0.05, 0) is 24.5 Å². The number of rotatable bonds is 4. The van der Waals surface area contributed by atoms with Crippen LogP contribution in [0.2, 0.25) is 0 Å². The van der Waals surface area contributed by atoms with E-state index in [1.54, 1.807) is 0 Å². The highest BCUT2D eigenvalue weighted by Crippen LogP contribution is 2.47. The van der Waals surface area contributed by atoms with Gasteiger partial charge >= 0.3 is 0 Å². The van der Waals surface area contributed by atoms with Gasteiger partial charge < -0.3 is 4.42 Å². The van der Waals surface area contributed by atoms with Crippen molar-refractivity contribution in [2.75, 3.05) is 0 Å². The highest BCUT2D eigenvalue weighted by Gasteiger charge is 2.36. The molecule has 15 heavy (non-hydrogen) atoms. The second kappa shape index (κ2) is 4.06. The molecule has 1 aliphatic carbocycles. The molecule has 2 atom stereocenters. The molecule has 0 aliphatic heterocycles. The van der Waals surface area contributed by atoms with Gasteiger partial charge in [0.15, 0.2) is 0 Å². The maximum Gasteiger partial charge on any atom is 0.234 e. The highest BCUT2D eigenvalue weighted by molar-refractivity contribution is 5.75. The smallest absolute Gasteiger partial charge is 0.234 e. The van der Waals surface area contributed by atoms with Crippen molar-refractivity contribution >= 4 is 5.91 Å². The van der Waals surface area contributed by atoms with Crippen molar-refractivity contribution in [1.29, 1.82) is 0 Å². The topological polar surface area (TPSA) is 68.3 Å². The summed E-state index contributed by atoms with van der Waals surface area (Å²) in [7, 11) is 0. The minimum atomic E-state index is -0.160. The minimum absolute atomic E-state index is 0.160. The number of carbonyl (C=O) groups excluding carboxylic acids is 1. The predicted molar refractivity (Wildman–Crippen MR) is 55.9 cm³/mol. The molecule has 0 saturated heterocycles. The number of hydrogen-bond acceptors (Lipinski definition) is 3. The van der Waals surface area contributed by atoms with E-state index in [1.165, 1.54) is 6.42 Å². The Balaban J connectivity index is 1.87. The first-order chi connectivity index (χ1) is 7.20. The van der Waals surface area contributed by atoms with Gasteiger partial charge in [0.1, 0.15) is 11.5 Å². The van der Waals surface area contributed by atoms with E-state index in [4.69, 9.17) is 10.3 Å². The SMILES string of the molecule is CC1CC1c1ccc(CCC(=O)NN)o1. The molecule has 1 aliphatic rings. The van der Waals surface area contributed by atoms with Gasteiger partial charge in [-0.2, -0.15) is 0 Å². The second-order valence-corrected chi connectivity index (χ2v) is 4.19. The van der Waals surface area contributed by atoms with Crippen LogP contribution in [0.15, 0.2) is 16.5 Å². The zero-order valence-electron chi connectivity index (χ0n) is 8.82. The fraction of sp³-hybridized carbons (Fsp3) is 0.545.